The molecule has 17 heavy (non-hydrogen) atoms. The van der Waals surface area contributed by atoms with Crippen molar-refractivity contribution in [3.8, 4) is 0 Å². The second-order valence-electron chi connectivity index (χ2n) is 4.58. The van der Waals surface area contributed by atoms with Crippen LogP contribution in [0.5, 0.6) is 0 Å². The number of sulfone groups is 1. The van der Waals surface area contributed by atoms with E-state index in [0.717, 1.165) is 11.6 Å². The van der Waals surface area contributed by atoms with Crippen LogP contribution in [0.3, 0.4) is 0 Å². The molecule has 1 saturated carbocycles. The molecule has 4 heteroatoms. The van der Waals surface area contributed by atoms with Gasteiger partial charge in [0.05, 0.1) is 10.6 Å². The molecule has 1 fully saturated rings. The van der Waals surface area contributed by atoms with Crippen molar-refractivity contribution >= 4 is 15.5 Å². The second-order valence-corrected chi connectivity index (χ2v) is 6.86. The lowest BCUT2D eigenvalue weighted by Gasteiger charge is -2.07. The van der Waals surface area contributed by atoms with Crippen molar-refractivity contribution in [1.82, 2.24) is 0 Å². The van der Waals surface area contributed by atoms with Crippen LogP contribution >= 0.6 is 0 Å². The highest BCUT2D eigenvalue weighted by Gasteiger charge is 2.34. The zero-order chi connectivity index (χ0) is 12.5. The minimum Gasteiger partial charge on any atom is -0.382 e. The van der Waals surface area contributed by atoms with E-state index in [1.807, 2.05) is 12.1 Å². The zero-order valence-corrected chi connectivity index (χ0v) is 11.1. The summed E-state index contributed by atoms with van der Waals surface area (Å²) in [5, 5.41) is 3.42. The Morgan fingerprint density at radius 2 is 1.88 bits per heavy atom. The van der Waals surface area contributed by atoms with E-state index in [-0.39, 0.29) is 5.75 Å². The molecule has 1 aliphatic rings. The number of anilines is 1. The van der Waals surface area contributed by atoms with Gasteiger partial charge in [0.2, 0.25) is 0 Å². The van der Waals surface area contributed by atoms with E-state index in [0.29, 0.717) is 10.9 Å². The Labute approximate surface area is 103 Å². The molecule has 0 radical (unpaired) electrons. The number of nitrogens with one attached hydrogen (secondary N) is 1. The Balaban J connectivity index is 2.04. The van der Waals surface area contributed by atoms with Gasteiger partial charge in [0.25, 0.3) is 0 Å². The van der Waals surface area contributed by atoms with Crippen LogP contribution in [0.15, 0.2) is 29.2 Å². The first-order chi connectivity index (χ1) is 8.06. The molecule has 94 valence electrons. The van der Waals surface area contributed by atoms with Crippen molar-refractivity contribution in [3.05, 3.63) is 24.3 Å². The van der Waals surface area contributed by atoms with E-state index >= 15 is 0 Å². The Kier molecular flexibility index (Phi) is 3.43. The lowest BCUT2D eigenvalue weighted by atomic mass is 10.3. The molecule has 2 atom stereocenters. The number of hydrogen-bond acceptors (Lipinski definition) is 3. The van der Waals surface area contributed by atoms with Crippen molar-refractivity contribution in [3.63, 3.8) is 0 Å². The van der Waals surface area contributed by atoms with E-state index in [1.54, 1.807) is 19.1 Å². The lowest BCUT2D eigenvalue weighted by Crippen LogP contribution is -2.06. The minimum absolute atomic E-state index is 0.153. The molecule has 0 spiro atoms. The van der Waals surface area contributed by atoms with Crippen LogP contribution in [0.4, 0.5) is 5.69 Å². The van der Waals surface area contributed by atoms with Crippen molar-refractivity contribution < 1.29 is 8.42 Å². The van der Waals surface area contributed by atoms with Gasteiger partial charge in [-0.1, -0.05) is 20.3 Å². The standard InChI is InChI=1S/C13H19NO2S/c1-3-10-9-13(10)14-11-5-7-12(8-6-11)17(15,16)4-2/h5-8,10,13-14H,3-4,9H2,1-2H3. The fraction of sp³-hybridized carbons (Fsp3) is 0.538. The summed E-state index contributed by atoms with van der Waals surface area (Å²) >= 11 is 0. The van der Waals surface area contributed by atoms with Crippen molar-refractivity contribution in [2.24, 2.45) is 5.92 Å². The predicted molar refractivity (Wildman–Crippen MR) is 70.0 cm³/mol. The first-order valence-electron chi connectivity index (χ1n) is 6.16. The average Bonchev–Trinajstić information content (AvgIpc) is 3.08. The Morgan fingerprint density at radius 1 is 1.24 bits per heavy atom. The average molecular weight is 253 g/mol. The van der Waals surface area contributed by atoms with Gasteiger partial charge in [0, 0.05) is 11.7 Å². The smallest absolute Gasteiger partial charge is 0.178 e. The van der Waals surface area contributed by atoms with Crippen LogP contribution in [0.2, 0.25) is 0 Å². The Morgan fingerprint density at radius 3 is 2.35 bits per heavy atom. The molecule has 0 bridgehead atoms. The molecule has 1 aromatic rings. The van der Waals surface area contributed by atoms with Crippen LogP contribution in [0, 0.1) is 5.92 Å². The topological polar surface area (TPSA) is 46.2 Å². The van der Waals surface area contributed by atoms with E-state index < -0.39 is 9.84 Å². The fourth-order valence-corrected chi connectivity index (χ4v) is 2.90. The van der Waals surface area contributed by atoms with Crippen LogP contribution in [-0.2, 0) is 9.84 Å². The van der Waals surface area contributed by atoms with Crippen LogP contribution in [-0.4, -0.2) is 20.2 Å². The van der Waals surface area contributed by atoms with Gasteiger partial charge in [-0.3, -0.25) is 0 Å². The van der Waals surface area contributed by atoms with E-state index in [4.69, 9.17) is 0 Å². The lowest BCUT2D eigenvalue weighted by molar-refractivity contribution is 0.597. The van der Waals surface area contributed by atoms with E-state index in [9.17, 15) is 8.42 Å². The molecule has 1 aromatic carbocycles. The maximum Gasteiger partial charge on any atom is 0.178 e. The number of benzene rings is 1. The summed E-state index contributed by atoms with van der Waals surface area (Å²) in [6.45, 7) is 3.86. The molecule has 0 aliphatic heterocycles. The van der Waals surface area contributed by atoms with Gasteiger partial charge in [0.15, 0.2) is 9.84 Å². The highest BCUT2D eigenvalue weighted by molar-refractivity contribution is 7.91. The first-order valence-corrected chi connectivity index (χ1v) is 7.81. The molecule has 2 rings (SSSR count). The van der Waals surface area contributed by atoms with Crippen molar-refractivity contribution in [2.75, 3.05) is 11.1 Å². The van der Waals surface area contributed by atoms with E-state index in [2.05, 4.69) is 12.2 Å². The molecular formula is C13H19NO2S. The maximum absolute atomic E-state index is 11.6. The molecule has 1 aliphatic carbocycles. The first kappa shape index (κ1) is 12.4. The van der Waals surface area contributed by atoms with E-state index in [1.165, 1.54) is 12.8 Å². The Bertz CT molecular complexity index is 479. The number of rotatable bonds is 5. The molecule has 0 aromatic heterocycles. The molecule has 3 nitrogen and oxygen atoms in total. The van der Waals surface area contributed by atoms with Gasteiger partial charge < -0.3 is 5.32 Å². The van der Waals surface area contributed by atoms with Crippen molar-refractivity contribution in [1.29, 1.82) is 0 Å². The maximum atomic E-state index is 11.6. The van der Waals surface area contributed by atoms with Gasteiger partial charge in [-0.2, -0.15) is 0 Å². The summed E-state index contributed by atoms with van der Waals surface area (Å²) in [5.74, 6) is 0.939. The summed E-state index contributed by atoms with van der Waals surface area (Å²) in [6, 6.07) is 7.66. The van der Waals surface area contributed by atoms with Crippen LogP contribution in [0.25, 0.3) is 0 Å². The van der Waals surface area contributed by atoms with Gasteiger partial charge in [-0.15, -0.1) is 0 Å². The third kappa shape index (κ3) is 2.80. The monoisotopic (exact) mass is 253 g/mol. The predicted octanol–water partition coefficient (Wildman–Crippen LogP) is 2.69. The zero-order valence-electron chi connectivity index (χ0n) is 10.3. The molecule has 0 heterocycles. The molecule has 1 N–H and O–H groups in total. The third-order valence-corrected chi connectivity index (χ3v) is 5.14. The summed E-state index contributed by atoms with van der Waals surface area (Å²) in [6.07, 6.45) is 2.44. The highest BCUT2D eigenvalue weighted by atomic mass is 32.2. The second kappa shape index (κ2) is 4.69. The van der Waals surface area contributed by atoms with Gasteiger partial charge in [-0.05, 0) is 36.6 Å². The van der Waals surface area contributed by atoms with Gasteiger partial charge >= 0.3 is 0 Å². The third-order valence-electron chi connectivity index (χ3n) is 3.39. The SMILES string of the molecule is CCC1CC1Nc1ccc(S(=O)(=O)CC)cc1. The van der Waals surface area contributed by atoms with Crippen LogP contribution in [0.1, 0.15) is 26.7 Å². The quantitative estimate of drug-likeness (QED) is 0.877. The fourth-order valence-electron chi connectivity index (χ4n) is 2.01. The summed E-state index contributed by atoms with van der Waals surface area (Å²) in [7, 11) is -3.07. The molecular weight excluding hydrogens is 234 g/mol. The minimum atomic E-state index is -3.07. The molecule has 0 saturated heterocycles. The summed E-state index contributed by atoms with van der Waals surface area (Å²) in [4.78, 5) is 0.411. The van der Waals surface area contributed by atoms with Gasteiger partial charge in [0.1, 0.15) is 0 Å². The number of hydrogen-bond donors (Lipinski definition) is 1. The molecule has 2 unspecified atom stereocenters. The summed E-state index contributed by atoms with van der Waals surface area (Å²) in [5.41, 5.74) is 1.01. The summed E-state index contributed by atoms with van der Waals surface area (Å²) < 4.78 is 23.2. The van der Waals surface area contributed by atoms with Gasteiger partial charge in [-0.25, -0.2) is 8.42 Å². The Hall–Kier alpha value is -1.03. The molecule has 0 amide bonds. The van der Waals surface area contributed by atoms with Crippen molar-refractivity contribution in [2.45, 2.75) is 37.6 Å². The largest absolute Gasteiger partial charge is 0.382 e. The van der Waals surface area contributed by atoms with Crippen LogP contribution < -0.4 is 5.32 Å². The highest BCUT2D eigenvalue weighted by Crippen LogP contribution is 2.36. The normalized spacial score (nSPS) is 23.4.